The first-order valence-corrected chi connectivity index (χ1v) is 8.11. The van der Waals surface area contributed by atoms with Crippen LogP contribution in [-0.4, -0.2) is 46.0 Å². The van der Waals surface area contributed by atoms with E-state index in [4.69, 9.17) is 4.52 Å². The fraction of sp³-hybridized carbons (Fsp3) is 0.412. The minimum atomic E-state index is -0.551. The van der Waals surface area contributed by atoms with Gasteiger partial charge in [0, 0.05) is 24.2 Å². The first kappa shape index (κ1) is 16.2. The van der Waals surface area contributed by atoms with Crippen LogP contribution in [0.2, 0.25) is 0 Å². The van der Waals surface area contributed by atoms with Gasteiger partial charge in [-0.1, -0.05) is 17.3 Å². The van der Waals surface area contributed by atoms with Gasteiger partial charge in [0.1, 0.15) is 6.04 Å². The highest BCUT2D eigenvalue weighted by Gasteiger charge is 2.23. The molecule has 7 nitrogen and oxygen atoms in total. The van der Waals surface area contributed by atoms with E-state index in [0.717, 1.165) is 32.4 Å². The van der Waals surface area contributed by atoms with Gasteiger partial charge in [0.2, 0.25) is 18.1 Å². The predicted molar refractivity (Wildman–Crippen MR) is 87.1 cm³/mol. The number of likely N-dealkylation sites (tertiary alicyclic amines) is 1. The Balaban J connectivity index is 1.66. The summed E-state index contributed by atoms with van der Waals surface area (Å²) in [7, 11) is 0. The van der Waals surface area contributed by atoms with Crippen molar-refractivity contribution < 1.29 is 14.1 Å². The van der Waals surface area contributed by atoms with E-state index in [9.17, 15) is 9.59 Å². The predicted octanol–water partition coefficient (Wildman–Crippen LogP) is 1.87. The molecule has 1 aliphatic rings. The van der Waals surface area contributed by atoms with Gasteiger partial charge >= 0.3 is 0 Å². The summed E-state index contributed by atoms with van der Waals surface area (Å²) in [6.45, 7) is 3.26. The van der Waals surface area contributed by atoms with Crippen molar-refractivity contribution in [1.82, 2.24) is 20.4 Å². The molecule has 0 saturated carbocycles. The molecule has 3 rings (SSSR count). The number of carbonyl (C=O) groups excluding carboxylic acids is 2. The summed E-state index contributed by atoms with van der Waals surface area (Å²) in [4.78, 5) is 30.6. The molecule has 1 N–H and O–H groups in total. The number of amides is 2. The first-order chi connectivity index (χ1) is 11.6. The van der Waals surface area contributed by atoms with Crippen LogP contribution in [0.5, 0.6) is 0 Å². The normalized spacial score (nSPS) is 15.8. The summed E-state index contributed by atoms with van der Waals surface area (Å²) in [6, 6.07) is 6.36. The third kappa shape index (κ3) is 3.61. The lowest BCUT2D eigenvalue weighted by Gasteiger charge is -2.29. The van der Waals surface area contributed by atoms with Crippen molar-refractivity contribution in [3.63, 3.8) is 0 Å². The topological polar surface area (TPSA) is 88.3 Å². The SMILES string of the molecule is C[C@H](NC(=O)c1cccc(-c2ncon2)c1)C(=O)N1CCCCC1. The fourth-order valence-electron chi connectivity index (χ4n) is 2.83. The molecule has 126 valence electrons. The number of rotatable bonds is 4. The molecule has 0 bridgehead atoms. The van der Waals surface area contributed by atoms with Gasteiger partial charge in [-0.3, -0.25) is 9.59 Å². The van der Waals surface area contributed by atoms with Crippen LogP contribution in [0, 0.1) is 0 Å². The van der Waals surface area contributed by atoms with Crippen LogP contribution in [-0.2, 0) is 4.79 Å². The lowest BCUT2D eigenvalue weighted by atomic mass is 10.1. The van der Waals surface area contributed by atoms with E-state index >= 15 is 0 Å². The van der Waals surface area contributed by atoms with Gasteiger partial charge in [0.15, 0.2) is 0 Å². The molecule has 0 unspecified atom stereocenters. The maximum atomic E-state index is 12.4. The smallest absolute Gasteiger partial charge is 0.251 e. The van der Waals surface area contributed by atoms with Crippen LogP contribution < -0.4 is 5.32 Å². The molecule has 0 aliphatic carbocycles. The van der Waals surface area contributed by atoms with Gasteiger partial charge in [-0.25, -0.2) is 0 Å². The van der Waals surface area contributed by atoms with Crippen LogP contribution in [0.25, 0.3) is 11.4 Å². The molecule has 0 spiro atoms. The third-order valence-electron chi connectivity index (χ3n) is 4.13. The largest absolute Gasteiger partial charge is 0.342 e. The monoisotopic (exact) mass is 328 g/mol. The molecule has 1 aliphatic heterocycles. The molecular formula is C17H20N4O3. The minimum absolute atomic E-state index is 0.0302. The summed E-state index contributed by atoms with van der Waals surface area (Å²) in [6.07, 6.45) is 4.45. The third-order valence-corrected chi connectivity index (χ3v) is 4.13. The van der Waals surface area contributed by atoms with Crippen molar-refractivity contribution >= 4 is 11.8 Å². The molecule has 24 heavy (non-hydrogen) atoms. The molecule has 1 aromatic heterocycles. The van der Waals surface area contributed by atoms with Crippen LogP contribution >= 0.6 is 0 Å². The lowest BCUT2D eigenvalue weighted by Crippen LogP contribution is -2.48. The number of hydrogen-bond acceptors (Lipinski definition) is 5. The van der Waals surface area contributed by atoms with E-state index in [1.807, 2.05) is 4.90 Å². The van der Waals surface area contributed by atoms with Gasteiger partial charge in [0.25, 0.3) is 5.91 Å². The molecule has 1 aromatic carbocycles. The second kappa shape index (κ2) is 7.25. The summed E-state index contributed by atoms with van der Waals surface area (Å²) >= 11 is 0. The molecule has 1 atom stereocenters. The second-order valence-electron chi connectivity index (χ2n) is 5.92. The Morgan fingerprint density at radius 1 is 1.25 bits per heavy atom. The maximum absolute atomic E-state index is 12.4. The molecule has 1 saturated heterocycles. The highest BCUT2D eigenvalue weighted by atomic mass is 16.5. The second-order valence-corrected chi connectivity index (χ2v) is 5.92. The Labute approximate surface area is 140 Å². The van der Waals surface area contributed by atoms with E-state index in [2.05, 4.69) is 15.5 Å². The van der Waals surface area contributed by atoms with E-state index in [1.165, 1.54) is 6.39 Å². The number of nitrogens with one attached hydrogen (secondary N) is 1. The van der Waals surface area contributed by atoms with Gasteiger partial charge in [0.05, 0.1) is 0 Å². The Morgan fingerprint density at radius 3 is 2.75 bits per heavy atom. The molecule has 2 heterocycles. The molecule has 2 amide bonds. The van der Waals surface area contributed by atoms with E-state index in [0.29, 0.717) is 17.0 Å². The Bertz CT molecular complexity index is 708. The van der Waals surface area contributed by atoms with Crippen molar-refractivity contribution in [2.24, 2.45) is 0 Å². The fourth-order valence-corrected chi connectivity index (χ4v) is 2.83. The molecule has 7 heteroatoms. The standard InChI is InChI=1S/C17H20N4O3/c1-12(17(23)21-8-3-2-4-9-21)19-16(22)14-7-5-6-13(10-14)15-18-11-24-20-15/h5-7,10-12H,2-4,8-9H2,1H3,(H,19,22)/t12-/m0/s1. The van der Waals surface area contributed by atoms with Crippen LogP contribution in [0.3, 0.4) is 0 Å². The summed E-state index contributed by atoms with van der Waals surface area (Å²) in [5, 5.41) is 6.53. The molecule has 0 radical (unpaired) electrons. The Kier molecular flexibility index (Phi) is 4.88. The van der Waals surface area contributed by atoms with E-state index < -0.39 is 6.04 Å². The molecule has 1 fully saturated rings. The Hall–Kier alpha value is -2.70. The van der Waals surface area contributed by atoms with Crippen molar-refractivity contribution in [1.29, 1.82) is 0 Å². The minimum Gasteiger partial charge on any atom is -0.342 e. The number of nitrogens with zero attached hydrogens (tertiary/aromatic N) is 3. The summed E-state index contributed by atoms with van der Waals surface area (Å²) in [5.41, 5.74) is 1.14. The number of piperidine rings is 1. The van der Waals surface area contributed by atoms with Gasteiger partial charge < -0.3 is 14.7 Å². The van der Waals surface area contributed by atoms with Crippen molar-refractivity contribution in [3.05, 3.63) is 36.2 Å². The number of aromatic nitrogens is 2. The van der Waals surface area contributed by atoms with Crippen LogP contribution in [0.15, 0.2) is 35.2 Å². The zero-order valence-electron chi connectivity index (χ0n) is 13.6. The van der Waals surface area contributed by atoms with Gasteiger partial charge in [-0.15, -0.1) is 0 Å². The lowest BCUT2D eigenvalue weighted by molar-refractivity contribution is -0.133. The van der Waals surface area contributed by atoms with Gasteiger partial charge in [-0.05, 0) is 38.3 Å². The highest BCUT2D eigenvalue weighted by molar-refractivity contribution is 5.98. The molecular weight excluding hydrogens is 308 g/mol. The van der Waals surface area contributed by atoms with Gasteiger partial charge in [-0.2, -0.15) is 4.98 Å². The van der Waals surface area contributed by atoms with E-state index in [1.54, 1.807) is 31.2 Å². The van der Waals surface area contributed by atoms with Crippen molar-refractivity contribution in [2.45, 2.75) is 32.2 Å². The van der Waals surface area contributed by atoms with E-state index in [-0.39, 0.29) is 11.8 Å². The average molecular weight is 328 g/mol. The van der Waals surface area contributed by atoms with Crippen molar-refractivity contribution in [2.75, 3.05) is 13.1 Å². The number of benzene rings is 1. The maximum Gasteiger partial charge on any atom is 0.251 e. The molecule has 2 aromatic rings. The quantitative estimate of drug-likeness (QED) is 0.925. The van der Waals surface area contributed by atoms with Crippen LogP contribution in [0.4, 0.5) is 0 Å². The zero-order chi connectivity index (χ0) is 16.9. The number of carbonyl (C=O) groups is 2. The first-order valence-electron chi connectivity index (χ1n) is 8.11. The van der Waals surface area contributed by atoms with Crippen LogP contribution in [0.1, 0.15) is 36.5 Å². The number of hydrogen-bond donors (Lipinski definition) is 1. The summed E-state index contributed by atoms with van der Waals surface area (Å²) < 4.78 is 4.72. The summed E-state index contributed by atoms with van der Waals surface area (Å²) in [5.74, 6) is 0.0951. The average Bonchev–Trinajstić information content (AvgIpc) is 3.16. The zero-order valence-corrected chi connectivity index (χ0v) is 13.6. The highest BCUT2D eigenvalue weighted by Crippen LogP contribution is 2.16. The van der Waals surface area contributed by atoms with Crippen molar-refractivity contribution in [3.8, 4) is 11.4 Å². The Morgan fingerprint density at radius 2 is 2.04 bits per heavy atom.